The van der Waals surface area contributed by atoms with Crippen molar-refractivity contribution < 1.29 is 14.7 Å². The molecule has 2 rings (SSSR count). The van der Waals surface area contributed by atoms with E-state index in [4.69, 9.17) is 5.73 Å². The van der Waals surface area contributed by atoms with Gasteiger partial charge in [-0.3, -0.25) is 20.4 Å². The summed E-state index contributed by atoms with van der Waals surface area (Å²) >= 11 is 3.59. The number of rotatable bonds is 9. The van der Waals surface area contributed by atoms with Gasteiger partial charge in [0.15, 0.2) is 0 Å². The lowest BCUT2D eigenvalue weighted by Crippen LogP contribution is -2.52. The topological polar surface area (TPSA) is 104 Å². The van der Waals surface area contributed by atoms with E-state index < -0.39 is 24.0 Å². The Morgan fingerprint density at radius 2 is 1.79 bits per heavy atom. The Bertz CT molecular complexity index is 649. The second-order valence-corrected chi connectivity index (χ2v) is 10.7. The normalized spacial score (nSPS) is 17.0. The van der Waals surface area contributed by atoms with Crippen LogP contribution in [-0.2, 0) is 4.79 Å². The van der Waals surface area contributed by atoms with Gasteiger partial charge in [0.1, 0.15) is 6.10 Å². The Labute approximate surface area is 182 Å². The highest BCUT2D eigenvalue weighted by Crippen LogP contribution is 2.33. The molecule has 2 atom stereocenters. The minimum atomic E-state index is -1.36. The number of carbonyl (C=O) groups is 2. The molecule has 0 aromatic heterocycles. The molecular formula is C21H33N3O3S2. The highest BCUT2D eigenvalue weighted by atomic mass is 32.2. The predicted molar refractivity (Wildman–Crippen MR) is 121 cm³/mol. The number of aliphatic hydroxyl groups excluding tert-OH is 1. The highest BCUT2D eigenvalue weighted by Gasteiger charge is 2.23. The van der Waals surface area contributed by atoms with E-state index in [-0.39, 0.29) is 0 Å². The van der Waals surface area contributed by atoms with Crippen molar-refractivity contribution >= 4 is 35.3 Å². The minimum absolute atomic E-state index is 0.427. The fourth-order valence-corrected chi connectivity index (χ4v) is 5.24. The van der Waals surface area contributed by atoms with E-state index in [0.717, 1.165) is 10.6 Å². The molecule has 0 bridgehead atoms. The van der Waals surface area contributed by atoms with Crippen molar-refractivity contribution in [3.63, 3.8) is 0 Å². The lowest BCUT2D eigenvalue weighted by Gasteiger charge is -2.21. The van der Waals surface area contributed by atoms with Gasteiger partial charge in [0.2, 0.25) is 0 Å². The number of hydrazine groups is 1. The van der Waals surface area contributed by atoms with Crippen molar-refractivity contribution in [3.8, 4) is 0 Å². The van der Waals surface area contributed by atoms with Gasteiger partial charge in [-0.2, -0.15) is 11.8 Å². The van der Waals surface area contributed by atoms with Gasteiger partial charge in [-0.25, -0.2) is 0 Å². The number of amides is 2. The number of hydrogen-bond acceptors (Lipinski definition) is 6. The van der Waals surface area contributed by atoms with E-state index in [1.165, 1.54) is 32.1 Å². The third-order valence-corrected chi connectivity index (χ3v) is 7.33. The molecule has 8 heteroatoms. The van der Waals surface area contributed by atoms with Gasteiger partial charge in [-0.1, -0.05) is 33.1 Å². The third-order valence-electron chi connectivity index (χ3n) is 4.85. The van der Waals surface area contributed by atoms with Crippen LogP contribution in [-0.4, -0.2) is 45.3 Å². The number of hydrogen-bond donors (Lipinski definition) is 4. The maximum atomic E-state index is 12.2. The quantitative estimate of drug-likeness (QED) is 0.441. The minimum Gasteiger partial charge on any atom is -0.382 e. The number of carbonyl (C=O) groups excluding carboxylic acids is 2. The van der Waals surface area contributed by atoms with Gasteiger partial charge in [-0.05, 0) is 54.5 Å². The Morgan fingerprint density at radius 3 is 2.41 bits per heavy atom. The molecule has 0 spiro atoms. The molecule has 1 saturated carbocycles. The van der Waals surface area contributed by atoms with Crippen LogP contribution in [0.25, 0.3) is 0 Å². The average molecular weight is 440 g/mol. The van der Waals surface area contributed by atoms with Crippen molar-refractivity contribution in [2.75, 3.05) is 5.75 Å². The third kappa shape index (κ3) is 8.58. The van der Waals surface area contributed by atoms with Crippen molar-refractivity contribution in [2.24, 2.45) is 5.73 Å². The summed E-state index contributed by atoms with van der Waals surface area (Å²) in [5.41, 5.74) is 10.9. The van der Waals surface area contributed by atoms with E-state index in [0.29, 0.717) is 22.5 Å². The Morgan fingerprint density at radius 1 is 1.14 bits per heavy atom. The maximum absolute atomic E-state index is 12.2. The molecule has 1 aliphatic carbocycles. The highest BCUT2D eigenvalue weighted by molar-refractivity contribution is 8.00. The zero-order valence-electron chi connectivity index (χ0n) is 17.2. The summed E-state index contributed by atoms with van der Waals surface area (Å²) in [6.07, 6.45) is 5.58. The summed E-state index contributed by atoms with van der Waals surface area (Å²) < 4.78 is 0. The van der Waals surface area contributed by atoms with Crippen molar-refractivity contribution in [1.29, 1.82) is 0 Å². The largest absolute Gasteiger partial charge is 0.382 e. The van der Waals surface area contributed by atoms with E-state index in [1.54, 1.807) is 23.9 Å². The van der Waals surface area contributed by atoms with Crippen molar-refractivity contribution in [2.45, 2.75) is 79.9 Å². The summed E-state index contributed by atoms with van der Waals surface area (Å²) in [5.74, 6) is -0.366. The molecule has 29 heavy (non-hydrogen) atoms. The summed E-state index contributed by atoms with van der Waals surface area (Å²) in [5, 5.41) is 11.2. The molecule has 1 unspecified atom stereocenters. The van der Waals surface area contributed by atoms with Gasteiger partial charge in [0.05, 0.1) is 0 Å². The Hall–Kier alpha value is -1.22. The number of aliphatic hydroxyl groups is 1. The monoisotopic (exact) mass is 439 g/mol. The van der Waals surface area contributed by atoms with E-state index >= 15 is 0 Å². The molecular weight excluding hydrogens is 406 g/mol. The summed E-state index contributed by atoms with van der Waals surface area (Å²) in [7, 11) is 0. The second kappa shape index (κ2) is 12.5. The van der Waals surface area contributed by atoms with Crippen LogP contribution >= 0.6 is 23.5 Å². The van der Waals surface area contributed by atoms with E-state index in [1.807, 2.05) is 23.9 Å². The smallest absolute Gasteiger partial charge is 0.269 e. The van der Waals surface area contributed by atoms with Crippen LogP contribution in [0, 0.1) is 0 Å². The molecule has 1 aliphatic rings. The van der Waals surface area contributed by atoms with Gasteiger partial charge >= 0.3 is 0 Å². The van der Waals surface area contributed by atoms with E-state index in [2.05, 4.69) is 24.7 Å². The summed E-state index contributed by atoms with van der Waals surface area (Å²) in [6.45, 7) is 4.16. The molecule has 1 fully saturated rings. The lowest BCUT2D eigenvalue weighted by atomic mass is 10.0. The number of benzene rings is 1. The fraction of sp³-hybridized carbons (Fsp3) is 0.619. The van der Waals surface area contributed by atoms with Crippen LogP contribution in [0.2, 0.25) is 0 Å². The fourth-order valence-electron chi connectivity index (χ4n) is 3.12. The molecule has 0 radical (unpaired) electrons. The number of nitrogens with one attached hydrogen (secondary N) is 2. The van der Waals surface area contributed by atoms with Crippen LogP contribution in [0.15, 0.2) is 29.2 Å². The van der Waals surface area contributed by atoms with Crippen molar-refractivity contribution in [3.05, 3.63) is 29.8 Å². The Kier molecular flexibility index (Phi) is 10.3. The van der Waals surface area contributed by atoms with Gasteiger partial charge < -0.3 is 10.8 Å². The molecule has 5 N–H and O–H groups in total. The molecule has 0 saturated heterocycles. The molecule has 162 valence electrons. The summed E-state index contributed by atoms with van der Waals surface area (Å²) in [4.78, 5) is 25.4. The zero-order valence-corrected chi connectivity index (χ0v) is 18.9. The van der Waals surface area contributed by atoms with Gasteiger partial charge in [0, 0.05) is 21.8 Å². The first-order valence-corrected chi connectivity index (χ1v) is 12.2. The first kappa shape index (κ1) is 24.1. The molecule has 6 nitrogen and oxygen atoms in total. The SMILES string of the molecule is CC(C)SCC[C@@H](N)C(O)C(=O)NNC(=O)c1ccc(SC2CCCCC2)cc1. The maximum Gasteiger partial charge on any atom is 0.269 e. The number of thioether (sulfide) groups is 2. The van der Waals surface area contributed by atoms with E-state index in [9.17, 15) is 14.7 Å². The first-order chi connectivity index (χ1) is 13.9. The van der Waals surface area contributed by atoms with Crippen LogP contribution in [0.3, 0.4) is 0 Å². The van der Waals surface area contributed by atoms with Gasteiger partial charge in [-0.15, -0.1) is 11.8 Å². The molecule has 0 aliphatic heterocycles. The first-order valence-electron chi connectivity index (χ1n) is 10.3. The molecule has 1 aromatic carbocycles. The standard InChI is InChI=1S/C21H33N3O3S2/c1-14(2)28-13-12-18(22)19(25)21(27)24-23-20(26)15-8-10-17(11-9-15)29-16-6-4-3-5-7-16/h8-11,14,16,18-19,25H,3-7,12-13,22H2,1-2H3,(H,23,26)(H,24,27)/t18-,19?/m1/s1. The summed E-state index contributed by atoms with van der Waals surface area (Å²) in [6, 6.07) is 6.70. The number of nitrogens with two attached hydrogens (primary N) is 1. The van der Waals surface area contributed by atoms with Crippen LogP contribution < -0.4 is 16.6 Å². The van der Waals surface area contributed by atoms with Gasteiger partial charge in [0.25, 0.3) is 11.8 Å². The van der Waals surface area contributed by atoms with Crippen LogP contribution in [0.4, 0.5) is 0 Å². The average Bonchev–Trinajstić information content (AvgIpc) is 2.72. The second-order valence-electron chi connectivity index (χ2n) is 7.66. The molecule has 2 amide bonds. The van der Waals surface area contributed by atoms with Crippen molar-refractivity contribution in [1.82, 2.24) is 10.9 Å². The van der Waals surface area contributed by atoms with Crippen LogP contribution in [0.1, 0.15) is 62.7 Å². The predicted octanol–water partition coefficient (Wildman–Crippen LogP) is 3.09. The Balaban J connectivity index is 1.75. The lowest BCUT2D eigenvalue weighted by molar-refractivity contribution is -0.131. The zero-order chi connectivity index (χ0) is 21.2. The van der Waals surface area contributed by atoms with Crippen LogP contribution in [0.5, 0.6) is 0 Å². The molecule has 0 heterocycles. The molecule has 1 aromatic rings.